The summed E-state index contributed by atoms with van der Waals surface area (Å²) in [6, 6.07) is 10.4. The van der Waals surface area contributed by atoms with Crippen LogP contribution in [0.25, 0.3) is 0 Å². The van der Waals surface area contributed by atoms with E-state index in [4.69, 9.17) is 28.9 Å². The Balaban J connectivity index is 1.90. The van der Waals surface area contributed by atoms with Crippen LogP contribution in [0.15, 0.2) is 41.2 Å². The highest BCUT2D eigenvalue weighted by Crippen LogP contribution is 2.27. The molecule has 1 heterocycles. The lowest BCUT2D eigenvalue weighted by atomic mass is 10.1. The molecule has 0 bridgehead atoms. The zero-order valence-electron chi connectivity index (χ0n) is 13.8. The molecule has 0 spiro atoms. The maximum absolute atomic E-state index is 12.6. The van der Waals surface area contributed by atoms with E-state index in [2.05, 4.69) is 10.4 Å². The second-order valence-corrected chi connectivity index (χ2v) is 6.74. The highest BCUT2D eigenvalue weighted by Gasteiger charge is 2.18. The number of anilines is 1. The van der Waals surface area contributed by atoms with Crippen LogP contribution in [0.4, 0.5) is 5.69 Å². The van der Waals surface area contributed by atoms with Crippen molar-refractivity contribution in [3.63, 3.8) is 0 Å². The predicted octanol–water partition coefficient (Wildman–Crippen LogP) is 3.29. The molecule has 130 valence electrons. The Morgan fingerprint density at radius 1 is 1.16 bits per heavy atom. The number of halogens is 2. The molecule has 2 N–H and O–H groups in total. The van der Waals surface area contributed by atoms with Crippen molar-refractivity contribution in [1.82, 2.24) is 19.8 Å². The van der Waals surface area contributed by atoms with Crippen LogP contribution in [-0.4, -0.2) is 19.8 Å². The Morgan fingerprint density at radius 3 is 2.60 bits per heavy atom. The Kier molecular flexibility index (Phi) is 4.83. The van der Waals surface area contributed by atoms with Gasteiger partial charge >= 0.3 is 5.69 Å². The summed E-state index contributed by atoms with van der Waals surface area (Å²) in [5, 5.41) is 8.99. The molecule has 1 atom stereocenters. The molecular formula is C17H17Cl2N5O. The first-order valence-corrected chi connectivity index (χ1v) is 8.44. The summed E-state index contributed by atoms with van der Waals surface area (Å²) in [5.41, 5.74) is 8.86. The molecule has 1 unspecified atom stereocenters. The third-order valence-corrected chi connectivity index (χ3v) is 4.67. The fourth-order valence-electron chi connectivity index (χ4n) is 2.61. The summed E-state index contributed by atoms with van der Waals surface area (Å²) in [6.45, 7) is 4.08. The molecule has 0 saturated carbocycles. The van der Waals surface area contributed by atoms with E-state index in [-0.39, 0.29) is 11.7 Å². The van der Waals surface area contributed by atoms with Crippen molar-refractivity contribution in [3.8, 4) is 0 Å². The van der Waals surface area contributed by atoms with Gasteiger partial charge in [0.15, 0.2) is 0 Å². The van der Waals surface area contributed by atoms with Crippen LogP contribution in [0.3, 0.4) is 0 Å². The Morgan fingerprint density at radius 2 is 1.92 bits per heavy atom. The van der Waals surface area contributed by atoms with Crippen LogP contribution in [0, 0.1) is 6.92 Å². The summed E-state index contributed by atoms with van der Waals surface area (Å²) in [5.74, 6) is 0. The van der Waals surface area contributed by atoms with Crippen molar-refractivity contribution in [1.29, 1.82) is 0 Å². The van der Waals surface area contributed by atoms with Crippen LogP contribution in [0.1, 0.15) is 29.7 Å². The van der Waals surface area contributed by atoms with Gasteiger partial charge < -0.3 is 5.73 Å². The number of aryl methyl sites for hydroxylation is 1. The number of aromatic nitrogens is 4. The van der Waals surface area contributed by atoms with E-state index in [1.54, 1.807) is 18.2 Å². The average molecular weight is 378 g/mol. The summed E-state index contributed by atoms with van der Waals surface area (Å²) < 4.78 is 2.62. The molecule has 3 aromatic rings. The van der Waals surface area contributed by atoms with Crippen molar-refractivity contribution < 1.29 is 0 Å². The quantitative estimate of drug-likeness (QED) is 0.707. The van der Waals surface area contributed by atoms with E-state index in [0.717, 1.165) is 16.7 Å². The number of hydrogen-bond donors (Lipinski definition) is 1. The SMILES string of the molecule is Cc1cc(Cn2nnn(C(C)c3ccc(Cl)cc3Cl)c2=O)ccc1N. The number of nitrogens with two attached hydrogens (primary N) is 1. The molecule has 0 radical (unpaired) electrons. The van der Waals surface area contributed by atoms with Gasteiger partial charge in [0, 0.05) is 15.7 Å². The first-order valence-electron chi connectivity index (χ1n) is 7.69. The Labute approximate surface area is 154 Å². The van der Waals surface area contributed by atoms with Gasteiger partial charge in [-0.25, -0.2) is 4.79 Å². The molecule has 2 aromatic carbocycles. The predicted molar refractivity (Wildman–Crippen MR) is 99.3 cm³/mol. The molecule has 6 nitrogen and oxygen atoms in total. The van der Waals surface area contributed by atoms with Crippen molar-refractivity contribution in [2.45, 2.75) is 26.4 Å². The maximum Gasteiger partial charge on any atom is 0.364 e. The normalized spacial score (nSPS) is 12.3. The van der Waals surface area contributed by atoms with Crippen LogP contribution in [0.2, 0.25) is 10.0 Å². The molecular weight excluding hydrogens is 361 g/mol. The molecule has 25 heavy (non-hydrogen) atoms. The smallest absolute Gasteiger partial charge is 0.364 e. The van der Waals surface area contributed by atoms with Crippen molar-refractivity contribution in [3.05, 3.63) is 73.6 Å². The first kappa shape index (κ1) is 17.5. The van der Waals surface area contributed by atoms with E-state index in [1.165, 1.54) is 9.36 Å². The van der Waals surface area contributed by atoms with Gasteiger partial charge in [0.25, 0.3) is 0 Å². The fourth-order valence-corrected chi connectivity index (χ4v) is 3.18. The van der Waals surface area contributed by atoms with Gasteiger partial charge in [-0.3, -0.25) is 0 Å². The van der Waals surface area contributed by atoms with E-state index >= 15 is 0 Å². The third kappa shape index (κ3) is 3.55. The molecule has 1 aromatic heterocycles. The highest BCUT2D eigenvalue weighted by molar-refractivity contribution is 6.35. The highest BCUT2D eigenvalue weighted by atomic mass is 35.5. The van der Waals surface area contributed by atoms with Crippen LogP contribution < -0.4 is 11.4 Å². The van der Waals surface area contributed by atoms with Gasteiger partial charge in [-0.05, 0) is 59.2 Å². The lowest BCUT2D eigenvalue weighted by Crippen LogP contribution is -2.28. The number of nitrogens with zero attached hydrogens (tertiary/aromatic N) is 4. The van der Waals surface area contributed by atoms with Gasteiger partial charge in [0.05, 0.1) is 12.6 Å². The molecule has 0 aliphatic rings. The molecule has 0 fully saturated rings. The van der Waals surface area contributed by atoms with Crippen molar-refractivity contribution >= 4 is 28.9 Å². The fraction of sp³-hybridized carbons (Fsp3) is 0.235. The maximum atomic E-state index is 12.6. The monoisotopic (exact) mass is 377 g/mol. The van der Waals surface area contributed by atoms with Crippen LogP contribution in [0.5, 0.6) is 0 Å². The van der Waals surface area contributed by atoms with E-state index in [9.17, 15) is 4.79 Å². The van der Waals surface area contributed by atoms with Gasteiger partial charge in [-0.1, -0.05) is 41.4 Å². The molecule has 3 rings (SSSR count). The van der Waals surface area contributed by atoms with Crippen molar-refractivity contribution in [2.24, 2.45) is 0 Å². The Hall–Kier alpha value is -2.31. The van der Waals surface area contributed by atoms with Gasteiger partial charge in [-0.15, -0.1) is 0 Å². The lowest BCUT2D eigenvalue weighted by Gasteiger charge is -2.12. The largest absolute Gasteiger partial charge is 0.399 e. The second kappa shape index (κ2) is 6.90. The molecule has 0 aliphatic carbocycles. The van der Waals surface area contributed by atoms with E-state index < -0.39 is 0 Å². The summed E-state index contributed by atoms with van der Waals surface area (Å²) >= 11 is 12.2. The summed E-state index contributed by atoms with van der Waals surface area (Å²) in [4.78, 5) is 12.6. The Bertz CT molecular complexity index is 979. The van der Waals surface area contributed by atoms with Gasteiger partial charge in [0.1, 0.15) is 0 Å². The van der Waals surface area contributed by atoms with Crippen molar-refractivity contribution in [2.75, 3.05) is 5.73 Å². The standard InChI is InChI=1S/C17H17Cl2N5O/c1-10-7-12(3-6-16(10)20)9-23-17(25)24(22-21-23)11(2)14-5-4-13(18)8-15(14)19/h3-8,11H,9,20H2,1-2H3. The van der Waals surface area contributed by atoms with Crippen LogP contribution >= 0.6 is 23.2 Å². The minimum Gasteiger partial charge on any atom is -0.399 e. The number of benzene rings is 2. The molecule has 0 aliphatic heterocycles. The second-order valence-electron chi connectivity index (χ2n) is 5.90. The summed E-state index contributed by atoms with van der Waals surface area (Å²) in [6.07, 6.45) is 0. The number of nitrogen functional groups attached to an aromatic ring is 1. The lowest BCUT2D eigenvalue weighted by molar-refractivity contribution is 0.528. The van der Waals surface area contributed by atoms with Crippen LogP contribution in [-0.2, 0) is 6.54 Å². The van der Waals surface area contributed by atoms with Gasteiger partial charge in [-0.2, -0.15) is 9.36 Å². The first-order chi connectivity index (χ1) is 11.9. The minimum atomic E-state index is -0.362. The third-order valence-electron chi connectivity index (χ3n) is 4.11. The molecule has 8 heteroatoms. The van der Waals surface area contributed by atoms with E-state index in [0.29, 0.717) is 22.3 Å². The topological polar surface area (TPSA) is 78.7 Å². The molecule has 0 saturated heterocycles. The zero-order chi connectivity index (χ0) is 18.1. The van der Waals surface area contributed by atoms with Gasteiger partial charge in [0.2, 0.25) is 0 Å². The zero-order valence-corrected chi connectivity index (χ0v) is 15.3. The minimum absolute atomic E-state index is 0.312. The molecule has 0 amide bonds. The van der Waals surface area contributed by atoms with E-state index in [1.807, 2.05) is 32.0 Å². The average Bonchev–Trinajstić information content (AvgIpc) is 2.91. The number of hydrogen-bond acceptors (Lipinski definition) is 4. The summed E-state index contributed by atoms with van der Waals surface area (Å²) in [7, 11) is 0. The number of rotatable bonds is 4. The number of tetrazole rings is 1.